The van der Waals surface area contributed by atoms with Crippen LogP contribution in [0.1, 0.15) is 38.5 Å². The molecule has 1 saturated carbocycles. The number of primary amides is 1. The third kappa shape index (κ3) is 3.35. The summed E-state index contributed by atoms with van der Waals surface area (Å²) in [6, 6.07) is -0.530. The molecule has 5 nitrogen and oxygen atoms in total. The fourth-order valence-corrected chi connectivity index (χ4v) is 2.89. The zero-order valence-corrected chi connectivity index (χ0v) is 11.4. The van der Waals surface area contributed by atoms with Gasteiger partial charge in [-0.05, 0) is 25.7 Å². The van der Waals surface area contributed by atoms with Crippen LogP contribution in [0.15, 0.2) is 11.6 Å². The average molecular weight is 266 g/mol. The lowest BCUT2D eigenvalue weighted by molar-refractivity contribution is -0.133. The van der Waals surface area contributed by atoms with E-state index >= 15 is 0 Å². The zero-order valence-electron chi connectivity index (χ0n) is 11.4. The van der Waals surface area contributed by atoms with Gasteiger partial charge in [-0.2, -0.15) is 0 Å². The van der Waals surface area contributed by atoms with Gasteiger partial charge in [0.15, 0.2) is 0 Å². The Morgan fingerprint density at radius 3 is 2.58 bits per heavy atom. The van der Waals surface area contributed by atoms with E-state index in [1.807, 2.05) is 0 Å². The van der Waals surface area contributed by atoms with Gasteiger partial charge >= 0.3 is 0 Å². The molecule has 2 fully saturated rings. The minimum Gasteiger partial charge on any atom is -0.380 e. The molecule has 1 heterocycles. The summed E-state index contributed by atoms with van der Waals surface area (Å²) in [5.74, 6) is -0.546. The Balaban J connectivity index is 2.05. The third-order valence-corrected chi connectivity index (χ3v) is 4.03. The molecule has 0 spiro atoms. The van der Waals surface area contributed by atoms with Gasteiger partial charge in [-0.3, -0.25) is 9.59 Å². The van der Waals surface area contributed by atoms with E-state index in [4.69, 9.17) is 10.5 Å². The molecule has 2 amide bonds. The van der Waals surface area contributed by atoms with Crippen LogP contribution in [0.3, 0.4) is 0 Å². The molecule has 5 heteroatoms. The number of hydrogen-bond acceptors (Lipinski definition) is 3. The monoisotopic (exact) mass is 266 g/mol. The Morgan fingerprint density at radius 1 is 1.32 bits per heavy atom. The molecule has 0 aromatic heterocycles. The second kappa shape index (κ2) is 6.19. The molecular formula is C14H22N2O3. The van der Waals surface area contributed by atoms with Crippen molar-refractivity contribution in [2.75, 3.05) is 13.7 Å². The quantitative estimate of drug-likeness (QED) is 0.774. The summed E-state index contributed by atoms with van der Waals surface area (Å²) in [6.45, 7) is 0.451. The van der Waals surface area contributed by atoms with Gasteiger partial charge in [-0.25, -0.2) is 0 Å². The first-order valence-electron chi connectivity index (χ1n) is 6.94. The van der Waals surface area contributed by atoms with Crippen LogP contribution in [0.5, 0.6) is 0 Å². The number of carbonyl (C=O) groups excluding carboxylic acids is 2. The Labute approximate surface area is 113 Å². The standard InChI is InChI=1S/C14H22N2O3/c1-19-11-8-12(14(15)18)16(9-11)13(17)7-10-5-3-2-4-6-10/h7,11-12H,2-6,8-9H2,1H3,(H2,15,18)/t11-,12-/m0/s1. The van der Waals surface area contributed by atoms with E-state index < -0.39 is 11.9 Å². The van der Waals surface area contributed by atoms with E-state index in [1.165, 1.54) is 12.0 Å². The van der Waals surface area contributed by atoms with Crippen LogP contribution in [-0.2, 0) is 14.3 Å². The molecule has 2 N–H and O–H groups in total. The Morgan fingerprint density at radius 2 is 2.00 bits per heavy atom. The molecule has 1 saturated heterocycles. The maximum atomic E-state index is 12.3. The lowest BCUT2D eigenvalue weighted by atomic mass is 9.94. The van der Waals surface area contributed by atoms with Crippen LogP contribution < -0.4 is 5.73 Å². The highest BCUT2D eigenvalue weighted by molar-refractivity contribution is 5.93. The number of allylic oxidation sites excluding steroid dienone is 1. The van der Waals surface area contributed by atoms with Gasteiger partial charge in [-0.15, -0.1) is 0 Å². The number of likely N-dealkylation sites (tertiary alicyclic amines) is 1. The molecule has 0 bridgehead atoms. The number of hydrogen-bond donors (Lipinski definition) is 1. The number of carbonyl (C=O) groups is 2. The number of amides is 2. The highest BCUT2D eigenvalue weighted by Crippen LogP contribution is 2.25. The summed E-state index contributed by atoms with van der Waals surface area (Å²) >= 11 is 0. The van der Waals surface area contributed by atoms with Gasteiger partial charge in [0.05, 0.1) is 6.10 Å². The molecule has 0 radical (unpaired) electrons. The van der Waals surface area contributed by atoms with Gasteiger partial charge in [0, 0.05) is 26.2 Å². The van der Waals surface area contributed by atoms with Crippen molar-refractivity contribution in [3.63, 3.8) is 0 Å². The van der Waals surface area contributed by atoms with Gasteiger partial charge in [0.1, 0.15) is 6.04 Å². The van der Waals surface area contributed by atoms with Crippen LogP contribution in [0, 0.1) is 0 Å². The molecule has 2 aliphatic rings. The van der Waals surface area contributed by atoms with Crippen LogP contribution in [0.25, 0.3) is 0 Å². The highest BCUT2D eigenvalue weighted by atomic mass is 16.5. The molecule has 1 aliphatic heterocycles. The number of rotatable bonds is 3. The van der Waals surface area contributed by atoms with Crippen molar-refractivity contribution >= 4 is 11.8 Å². The lowest BCUT2D eigenvalue weighted by Gasteiger charge is -2.21. The molecule has 1 aliphatic carbocycles. The van der Waals surface area contributed by atoms with Crippen LogP contribution in [-0.4, -0.2) is 42.5 Å². The van der Waals surface area contributed by atoms with E-state index in [0.717, 1.165) is 25.7 Å². The molecule has 0 aromatic carbocycles. The number of methoxy groups -OCH3 is 1. The second-order valence-corrected chi connectivity index (χ2v) is 5.37. The normalized spacial score (nSPS) is 27.4. The lowest BCUT2D eigenvalue weighted by Crippen LogP contribution is -2.43. The SMILES string of the molecule is CO[C@H]1C[C@@H](C(N)=O)N(C(=O)C=C2CCCCC2)C1. The molecule has 0 unspecified atom stereocenters. The average Bonchev–Trinajstić information content (AvgIpc) is 2.84. The van der Waals surface area contributed by atoms with Gasteiger partial charge in [-0.1, -0.05) is 12.0 Å². The molecule has 0 aromatic rings. The highest BCUT2D eigenvalue weighted by Gasteiger charge is 2.38. The first kappa shape index (κ1) is 14.1. The molecule has 19 heavy (non-hydrogen) atoms. The first-order valence-corrected chi connectivity index (χ1v) is 6.94. The fraction of sp³-hybridized carbons (Fsp3) is 0.714. The minimum absolute atomic E-state index is 0.0915. The van der Waals surface area contributed by atoms with Crippen molar-refractivity contribution in [3.8, 4) is 0 Å². The summed E-state index contributed by atoms with van der Waals surface area (Å²) in [6.07, 6.45) is 7.64. The summed E-state index contributed by atoms with van der Waals surface area (Å²) in [4.78, 5) is 25.3. The summed E-state index contributed by atoms with van der Waals surface area (Å²) in [5.41, 5.74) is 6.56. The Bertz CT molecular complexity index is 384. The van der Waals surface area contributed by atoms with Crippen molar-refractivity contribution in [3.05, 3.63) is 11.6 Å². The number of nitrogens with two attached hydrogens (primary N) is 1. The Hall–Kier alpha value is -1.36. The van der Waals surface area contributed by atoms with E-state index in [1.54, 1.807) is 18.1 Å². The van der Waals surface area contributed by atoms with E-state index in [2.05, 4.69) is 0 Å². The maximum absolute atomic E-state index is 12.3. The van der Waals surface area contributed by atoms with Crippen LogP contribution in [0.2, 0.25) is 0 Å². The predicted molar refractivity (Wildman–Crippen MR) is 71.3 cm³/mol. The van der Waals surface area contributed by atoms with Crippen molar-refractivity contribution in [1.82, 2.24) is 4.90 Å². The van der Waals surface area contributed by atoms with Gasteiger partial charge < -0.3 is 15.4 Å². The molecule has 2 atom stereocenters. The van der Waals surface area contributed by atoms with Gasteiger partial charge in [0.2, 0.25) is 11.8 Å². The van der Waals surface area contributed by atoms with E-state index in [9.17, 15) is 9.59 Å². The van der Waals surface area contributed by atoms with Crippen LogP contribution in [0.4, 0.5) is 0 Å². The zero-order chi connectivity index (χ0) is 13.8. The summed E-state index contributed by atoms with van der Waals surface area (Å²) in [5, 5.41) is 0. The molecular weight excluding hydrogens is 244 g/mol. The van der Waals surface area contributed by atoms with Crippen molar-refractivity contribution < 1.29 is 14.3 Å². The molecule has 106 valence electrons. The van der Waals surface area contributed by atoms with Crippen molar-refractivity contribution in [2.24, 2.45) is 5.73 Å². The third-order valence-electron chi connectivity index (χ3n) is 4.03. The predicted octanol–water partition coefficient (Wildman–Crippen LogP) is 0.978. The number of nitrogens with zero attached hydrogens (tertiary/aromatic N) is 1. The maximum Gasteiger partial charge on any atom is 0.247 e. The summed E-state index contributed by atoms with van der Waals surface area (Å²) in [7, 11) is 1.59. The van der Waals surface area contributed by atoms with Gasteiger partial charge in [0.25, 0.3) is 0 Å². The smallest absolute Gasteiger partial charge is 0.247 e. The first-order chi connectivity index (χ1) is 9.11. The second-order valence-electron chi connectivity index (χ2n) is 5.37. The Kier molecular flexibility index (Phi) is 4.58. The topological polar surface area (TPSA) is 72.6 Å². The van der Waals surface area contributed by atoms with Crippen molar-refractivity contribution in [2.45, 2.75) is 50.7 Å². The molecule has 2 rings (SSSR count). The summed E-state index contributed by atoms with van der Waals surface area (Å²) < 4.78 is 5.24. The van der Waals surface area contributed by atoms with E-state index in [0.29, 0.717) is 13.0 Å². The van der Waals surface area contributed by atoms with Crippen molar-refractivity contribution in [1.29, 1.82) is 0 Å². The van der Waals surface area contributed by atoms with E-state index in [-0.39, 0.29) is 12.0 Å². The largest absolute Gasteiger partial charge is 0.380 e. The van der Waals surface area contributed by atoms with Crippen LogP contribution >= 0.6 is 0 Å². The fourth-order valence-electron chi connectivity index (χ4n) is 2.89. The number of ether oxygens (including phenoxy) is 1. The minimum atomic E-state index is -0.530.